The van der Waals surface area contributed by atoms with Crippen molar-refractivity contribution in [1.29, 1.82) is 0 Å². The van der Waals surface area contributed by atoms with Gasteiger partial charge in [0.1, 0.15) is 0 Å². The van der Waals surface area contributed by atoms with E-state index in [0.717, 1.165) is 0 Å². The molecule has 0 spiro atoms. The van der Waals surface area contributed by atoms with E-state index in [1.165, 1.54) is 6.20 Å². The number of nitrogens with two attached hydrogens (primary N) is 1. The Morgan fingerprint density at radius 3 is 2.74 bits per heavy atom. The van der Waals surface area contributed by atoms with Crippen molar-refractivity contribution < 1.29 is 19.4 Å². The lowest BCUT2D eigenvalue weighted by atomic mass is 10.0. The number of carbonyl (C=O) groups excluding carboxylic acids is 1. The van der Waals surface area contributed by atoms with Gasteiger partial charge < -0.3 is 35.4 Å². The van der Waals surface area contributed by atoms with Crippen LogP contribution in [0, 0.1) is 0 Å². The summed E-state index contributed by atoms with van der Waals surface area (Å²) in [6.45, 7) is 11.6. The molecule has 0 unspecified atom stereocenters. The second kappa shape index (κ2) is 11.2. The molecule has 2 saturated heterocycles. The van der Waals surface area contributed by atoms with Crippen molar-refractivity contribution in [1.82, 2.24) is 19.9 Å². The third kappa shape index (κ3) is 6.38. The summed E-state index contributed by atoms with van der Waals surface area (Å²) >= 11 is 0. The molecule has 0 saturated carbocycles. The number of aliphatic hydroxyl groups excluding tert-OH is 1. The van der Waals surface area contributed by atoms with E-state index in [1.54, 1.807) is 25.7 Å². The molecule has 2 aliphatic heterocycles. The van der Waals surface area contributed by atoms with Gasteiger partial charge in [-0.1, -0.05) is 0 Å². The number of allylic oxidation sites excluding steroid dienone is 1. The molecule has 34 heavy (non-hydrogen) atoms. The molecule has 1 amide bonds. The summed E-state index contributed by atoms with van der Waals surface area (Å²) in [6.07, 6.45) is 1.37. The number of guanidine groups is 1. The first-order valence-corrected chi connectivity index (χ1v) is 11.2. The van der Waals surface area contributed by atoms with Crippen LogP contribution in [0.5, 0.6) is 0 Å². The number of morpholine rings is 1. The highest BCUT2D eigenvalue weighted by Gasteiger charge is 2.41. The molecular formula is C21H33N9O4. The summed E-state index contributed by atoms with van der Waals surface area (Å²) in [6, 6.07) is 0. The van der Waals surface area contributed by atoms with E-state index in [1.807, 2.05) is 4.90 Å². The van der Waals surface area contributed by atoms with Gasteiger partial charge in [0.2, 0.25) is 17.9 Å². The van der Waals surface area contributed by atoms with Gasteiger partial charge in [-0.25, -0.2) is 14.8 Å². The summed E-state index contributed by atoms with van der Waals surface area (Å²) < 4.78 is 10.7. The van der Waals surface area contributed by atoms with Gasteiger partial charge >= 0.3 is 6.09 Å². The van der Waals surface area contributed by atoms with Crippen molar-refractivity contribution in [3.63, 3.8) is 0 Å². The van der Waals surface area contributed by atoms with Crippen LogP contribution in [0.1, 0.15) is 33.0 Å². The Kier molecular flexibility index (Phi) is 8.34. The van der Waals surface area contributed by atoms with E-state index in [4.69, 9.17) is 15.2 Å². The molecular weight excluding hydrogens is 442 g/mol. The standard InChI is InChI=1S/C21H33N9O4/c1-14(2)34-20(32)30-6-5-21(12-30,13-31)28-18-25-16(15(3)11-24-17(22)23-4)26-19(27-18)29-7-9-33-10-8-29/h11,14,31H,4-10,12-13H2,1-3H3,(H2,22,24)(H,25,26,27,28)/b15-11+/t21-/m0/s1. The first-order valence-electron chi connectivity index (χ1n) is 11.2. The number of anilines is 2. The molecule has 0 aliphatic carbocycles. The molecule has 1 aromatic rings. The fourth-order valence-corrected chi connectivity index (χ4v) is 3.58. The average molecular weight is 476 g/mol. The molecule has 2 fully saturated rings. The monoisotopic (exact) mass is 475 g/mol. The maximum atomic E-state index is 12.4. The molecule has 4 N–H and O–H groups in total. The van der Waals surface area contributed by atoms with Crippen LogP contribution in [0.2, 0.25) is 0 Å². The van der Waals surface area contributed by atoms with Gasteiger partial charge in [-0.15, -0.1) is 0 Å². The third-order valence-electron chi connectivity index (χ3n) is 5.45. The van der Waals surface area contributed by atoms with Crippen molar-refractivity contribution >= 4 is 36.2 Å². The van der Waals surface area contributed by atoms with Crippen LogP contribution in [0.25, 0.3) is 5.57 Å². The number of hydrogen-bond acceptors (Lipinski definition) is 10. The summed E-state index contributed by atoms with van der Waals surface area (Å²) in [5, 5.41) is 13.5. The number of likely N-dealkylation sites (tertiary alicyclic amines) is 1. The number of nitrogens with one attached hydrogen (secondary N) is 1. The first kappa shape index (κ1) is 25.3. The number of amides is 1. The molecule has 3 rings (SSSR count). The van der Waals surface area contributed by atoms with Crippen LogP contribution >= 0.6 is 0 Å². The first-order chi connectivity index (χ1) is 16.2. The van der Waals surface area contributed by atoms with Crippen molar-refractivity contribution in [3.8, 4) is 0 Å². The minimum Gasteiger partial charge on any atom is -0.447 e. The lowest BCUT2D eigenvalue weighted by Gasteiger charge is -2.30. The largest absolute Gasteiger partial charge is 0.447 e. The van der Waals surface area contributed by atoms with E-state index < -0.39 is 11.6 Å². The van der Waals surface area contributed by atoms with Gasteiger partial charge in [0.05, 0.1) is 31.5 Å². The van der Waals surface area contributed by atoms with Gasteiger partial charge in [-0.05, 0) is 33.9 Å². The van der Waals surface area contributed by atoms with Crippen LogP contribution in [-0.2, 0) is 9.47 Å². The molecule has 1 aromatic heterocycles. The zero-order chi connectivity index (χ0) is 24.7. The highest BCUT2D eigenvalue weighted by Crippen LogP contribution is 2.27. The average Bonchev–Trinajstić information content (AvgIpc) is 3.26. The fourth-order valence-electron chi connectivity index (χ4n) is 3.58. The quantitative estimate of drug-likeness (QED) is 0.373. The van der Waals surface area contributed by atoms with E-state index in [9.17, 15) is 9.90 Å². The molecule has 0 aromatic carbocycles. The second-order valence-corrected chi connectivity index (χ2v) is 8.51. The smallest absolute Gasteiger partial charge is 0.410 e. The Hall–Kier alpha value is -3.32. The van der Waals surface area contributed by atoms with E-state index >= 15 is 0 Å². The molecule has 13 heteroatoms. The zero-order valence-corrected chi connectivity index (χ0v) is 19.9. The summed E-state index contributed by atoms with van der Waals surface area (Å²) in [5.41, 5.74) is 5.43. The number of carbonyl (C=O) groups is 1. The van der Waals surface area contributed by atoms with E-state index in [-0.39, 0.29) is 31.2 Å². The third-order valence-corrected chi connectivity index (χ3v) is 5.45. The number of rotatable bonds is 7. The van der Waals surface area contributed by atoms with E-state index in [2.05, 4.69) is 37.0 Å². The van der Waals surface area contributed by atoms with E-state index in [0.29, 0.717) is 56.6 Å². The molecule has 13 nitrogen and oxygen atoms in total. The van der Waals surface area contributed by atoms with Crippen LogP contribution in [0.15, 0.2) is 16.2 Å². The van der Waals surface area contributed by atoms with Crippen LogP contribution < -0.4 is 16.0 Å². The summed E-state index contributed by atoms with van der Waals surface area (Å²) in [7, 11) is 0. The molecule has 0 radical (unpaired) electrons. The highest BCUT2D eigenvalue weighted by atomic mass is 16.6. The van der Waals surface area contributed by atoms with Gasteiger partial charge in [-0.2, -0.15) is 15.0 Å². The Balaban J connectivity index is 1.89. The van der Waals surface area contributed by atoms with Gasteiger partial charge in [0.15, 0.2) is 5.82 Å². The highest BCUT2D eigenvalue weighted by molar-refractivity contribution is 5.83. The van der Waals surface area contributed by atoms with Crippen molar-refractivity contribution in [2.45, 2.75) is 38.8 Å². The number of hydrogen-bond donors (Lipinski definition) is 3. The normalized spacial score (nSPS) is 21.7. The number of nitrogens with zero attached hydrogens (tertiary/aromatic N) is 7. The SMILES string of the molecule is C=N/C(N)=N\C=C(/C)c1nc(N[C@@]2(CO)CCN(C(=O)OC(C)C)C2)nc(N2CCOCC2)n1. The number of aliphatic hydroxyl groups is 1. The topological polar surface area (TPSA) is 164 Å². The lowest BCUT2D eigenvalue weighted by Crippen LogP contribution is -2.46. The maximum Gasteiger partial charge on any atom is 0.410 e. The number of aromatic nitrogens is 3. The minimum absolute atomic E-state index is 0.0266. The van der Waals surface area contributed by atoms with Gasteiger partial charge in [-0.3, -0.25) is 0 Å². The lowest BCUT2D eigenvalue weighted by molar-refractivity contribution is 0.0810. The Bertz CT molecular complexity index is 946. The molecule has 1 atom stereocenters. The van der Waals surface area contributed by atoms with Crippen LogP contribution in [-0.4, -0.2) is 101 Å². The summed E-state index contributed by atoms with van der Waals surface area (Å²) in [4.78, 5) is 37.3. The predicted octanol–water partition coefficient (Wildman–Crippen LogP) is 0.478. The second-order valence-electron chi connectivity index (χ2n) is 8.51. The van der Waals surface area contributed by atoms with Gasteiger partial charge in [0.25, 0.3) is 0 Å². The Morgan fingerprint density at radius 2 is 2.09 bits per heavy atom. The molecule has 3 heterocycles. The fraction of sp³-hybridized carbons (Fsp3) is 0.619. The van der Waals surface area contributed by atoms with Gasteiger partial charge in [0, 0.05) is 38.0 Å². The van der Waals surface area contributed by atoms with Crippen LogP contribution in [0.4, 0.5) is 16.7 Å². The minimum atomic E-state index is -0.816. The van der Waals surface area contributed by atoms with Crippen molar-refractivity contribution in [2.24, 2.45) is 15.7 Å². The number of ether oxygens (including phenoxy) is 2. The predicted molar refractivity (Wildman–Crippen MR) is 129 cm³/mol. The molecule has 2 aliphatic rings. The van der Waals surface area contributed by atoms with Crippen molar-refractivity contribution in [2.75, 3.05) is 56.2 Å². The molecule has 0 bridgehead atoms. The summed E-state index contributed by atoms with van der Waals surface area (Å²) in [5.74, 6) is 1.18. The molecule has 186 valence electrons. The Labute approximate surface area is 198 Å². The van der Waals surface area contributed by atoms with Crippen LogP contribution in [0.3, 0.4) is 0 Å². The van der Waals surface area contributed by atoms with Crippen molar-refractivity contribution in [3.05, 3.63) is 12.0 Å². The Morgan fingerprint density at radius 1 is 1.35 bits per heavy atom. The number of aliphatic imine (C=N–C) groups is 2. The maximum absolute atomic E-state index is 12.4. The zero-order valence-electron chi connectivity index (χ0n) is 19.9.